The number of unbranched alkanes of at least 4 members (excludes halogenated alkanes) is 23. The molecule has 0 aliphatic heterocycles. The molecule has 0 aromatic rings. The number of carbonyl (C=O) groups excluding carboxylic acids is 2. The van der Waals surface area contributed by atoms with Crippen LogP contribution >= 0.6 is 0 Å². The maximum atomic E-state index is 12.7. The van der Waals surface area contributed by atoms with E-state index in [1.807, 2.05) is 0 Å². The average molecular weight is 738 g/mol. The van der Waals surface area contributed by atoms with Crippen LogP contribution in [0.15, 0.2) is 0 Å². The van der Waals surface area contributed by atoms with Gasteiger partial charge in [0, 0.05) is 19.4 Å². The van der Waals surface area contributed by atoms with Gasteiger partial charge in [-0.25, -0.2) is 0 Å². The number of carbonyl (C=O) groups is 2. The summed E-state index contributed by atoms with van der Waals surface area (Å²) in [6, 6.07) is 0. The molecule has 0 radical (unpaired) electrons. The molecular weight excluding hydrogens is 647 g/mol. The Morgan fingerprint density at radius 3 is 1.33 bits per heavy atom. The molecule has 0 rings (SSSR count). The average Bonchev–Trinajstić information content (AvgIpc) is 3.13. The van der Waals surface area contributed by atoms with Crippen molar-refractivity contribution in [1.29, 1.82) is 0 Å². The van der Waals surface area contributed by atoms with E-state index in [9.17, 15) is 14.7 Å². The molecule has 0 aliphatic rings. The Balaban J connectivity index is 3.97. The van der Waals surface area contributed by atoms with E-state index in [-0.39, 0.29) is 24.6 Å². The van der Waals surface area contributed by atoms with Crippen LogP contribution in [0.2, 0.25) is 0 Å². The van der Waals surface area contributed by atoms with Crippen molar-refractivity contribution in [3.63, 3.8) is 0 Å². The summed E-state index contributed by atoms with van der Waals surface area (Å²) >= 11 is 0. The number of rotatable bonds is 42. The number of aliphatic hydroxyl groups excluding tert-OH is 1. The Bertz CT molecular complexity index is 730. The van der Waals surface area contributed by atoms with Crippen LogP contribution in [0.1, 0.15) is 240 Å². The Labute approximate surface area is 324 Å². The highest BCUT2D eigenvalue weighted by molar-refractivity contribution is 5.69. The summed E-state index contributed by atoms with van der Waals surface area (Å²) in [5.74, 6) is 0.444. The zero-order chi connectivity index (χ0) is 38.2. The number of hydrogen-bond donors (Lipinski definition) is 1. The van der Waals surface area contributed by atoms with Crippen molar-refractivity contribution < 1.29 is 24.2 Å². The first-order chi connectivity index (χ1) is 25.5. The fourth-order valence-electron chi connectivity index (χ4n) is 7.22. The smallest absolute Gasteiger partial charge is 0.306 e. The second kappa shape index (κ2) is 41.0. The number of nitrogens with zero attached hydrogens (tertiary/aromatic N) is 1. The quantitative estimate of drug-likeness (QED) is 0.0496. The molecular formula is C46H91NO5. The normalized spacial score (nSPS) is 12.2. The minimum Gasteiger partial charge on any atom is -0.465 e. The van der Waals surface area contributed by atoms with Crippen molar-refractivity contribution in [3.8, 4) is 0 Å². The van der Waals surface area contributed by atoms with E-state index in [0.717, 1.165) is 90.3 Å². The van der Waals surface area contributed by atoms with Gasteiger partial charge in [0.15, 0.2) is 0 Å². The molecule has 6 nitrogen and oxygen atoms in total. The second-order valence-corrected chi connectivity index (χ2v) is 16.2. The topological polar surface area (TPSA) is 76.1 Å². The highest BCUT2D eigenvalue weighted by atomic mass is 16.5. The SMILES string of the molecule is CCCCCCCCC(CCCCCCCC)OC(=O)CCCCCCCN(CCO)CCCCCCCC(=O)OC[C@H](C)CCCCCCCC. The monoisotopic (exact) mass is 738 g/mol. The van der Waals surface area contributed by atoms with Crippen LogP contribution < -0.4 is 0 Å². The predicted octanol–water partition coefficient (Wildman–Crippen LogP) is 13.3. The van der Waals surface area contributed by atoms with Crippen LogP contribution in [-0.2, 0) is 19.1 Å². The van der Waals surface area contributed by atoms with Gasteiger partial charge in [-0.2, -0.15) is 0 Å². The van der Waals surface area contributed by atoms with E-state index in [0.29, 0.717) is 25.4 Å². The third-order valence-electron chi connectivity index (χ3n) is 10.8. The van der Waals surface area contributed by atoms with Gasteiger partial charge in [-0.15, -0.1) is 0 Å². The predicted molar refractivity (Wildman–Crippen MR) is 223 cm³/mol. The number of aliphatic hydroxyl groups is 1. The lowest BCUT2D eigenvalue weighted by molar-refractivity contribution is -0.150. The summed E-state index contributed by atoms with van der Waals surface area (Å²) in [6.45, 7) is 12.6. The van der Waals surface area contributed by atoms with Crippen molar-refractivity contribution in [2.24, 2.45) is 5.92 Å². The lowest BCUT2D eigenvalue weighted by Gasteiger charge is -2.21. The van der Waals surface area contributed by atoms with Gasteiger partial charge in [0.1, 0.15) is 6.10 Å². The van der Waals surface area contributed by atoms with E-state index >= 15 is 0 Å². The third kappa shape index (κ3) is 37.2. The molecule has 0 aliphatic carbocycles. The summed E-state index contributed by atoms with van der Waals surface area (Å²) < 4.78 is 11.6. The molecule has 1 N–H and O–H groups in total. The van der Waals surface area contributed by atoms with Gasteiger partial charge < -0.3 is 19.5 Å². The fraction of sp³-hybridized carbons (Fsp3) is 0.957. The minimum absolute atomic E-state index is 0.0136. The maximum absolute atomic E-state index is 12.7. The molecule has 0 unspecified atom stereocenters. The Kier molecular flexibility index (Phi) is 40.1. The molecule has 0 fully saturated rings. The number of esters is 2. The van der Waals surface area contributed by atoms with Gasteiger partial charge in [0.05, 0.1) is 13.2 Å². The minimum atomic E-state index is -0.0323. The largest absolute Gasteiger partial charge is 0.465 e. The van der Waals surface area contributed by atoms with E-state index < -0.39 is 0 Å². The lowest BCUT2D eigenvalue weighted by Crippen LogP contribution is -2.29. The summed E-state index contributed by atoms with van der Waals surface area (Å²) in [5, 5.41) is 9.56. The van der Waals surface area contributed by atoms with Crippen LogP contribution in [0.5, 0.6) is 0 Å². The first-order valence-electron chi connectivity index (χ1n) is 23.1. The molecule has 0 aromatic carbocycles. The van der Waals surface area contributed by atoms with Crippen LogP contribution in [0.3, 0.4) is 0 Å². The zero-order valence-corrected chi connectivity index (χ0v) is 35.6. The first-order valence-corrected chi connectivity index (χ1v) is 23.1. The Hall–Kier alpha value is -1.14. The van der Waals surface area contributed by atoms with Gasteiger partial charge in [-0.1, -0.05) is 169 Å². The van der Waals surface area contributed by atoms with E-state index in [1.54, 1.807) is 0 Å². The highest BCUT2D eigenvalue weighted by Crippen LogP contribution is 2.19. The summed E-state index contributed by atoms with van der Waals surface area (Å²) in [5.41, 5.74) is 0. The maximum Gasteiger partial charge on any atom is 0.306 e. The van der Waals surface area contributed by atoms with Crippen LogP contribution in [0.4, 0.5) is 0 Å². The van der Waals surface area contributed by atoms with Crippen LogP contribution in [0, 0.1) is 5.92 Å². The van der Waals surface area contributed by atoms with Crippen molar-refractivity contribution in [2.75, 3.05) is 32.8 Å². The standard InChI is InChI=1S/C46H91NO5/c1-5-8-11-14-19-26-33-43(4)42-51-45(49)36-29-22-17-24-31-38-47(40-41-48)39-32-25-18-23-30-37-46(50)52-44(34-27-20-15-12-9-6-2)35-28-21-16-13-10-7-3/h43-44,48H,5-42H2,1-4H3/t43-/m1/s1. The number of hydrogen-bond acceptors (Lipinski definition) is 6. The van der Waals surface area contributed by atoms with Gasteiger partial charge in [0.2, 0.25) is 0 Å². The second-order valence-electron chi connectivity index (χ2n) is 16.2. The van der Waals surface area contributed by atoms with Gasteiger partial charge in [-0.3, -0.25) is 9.59 Å². The molecule has 0 saturated heterocycles. The van der Waals surface area contributed by atoms with Crippen LogP contribution in [-0.4, -0.2) is 60.9 Å². The molecule has 310 valence electrons. The third-order valence-corrected chi connectivity index (χ3v) is 10.8. The Morgan fingerprint density at radius 2 is 0.865 bits per heavy atom. The van der Waals surface area contributed by atoms with Crippen molar-refractivity contribution in [1.82, 2.24) is 4.90 Å². The molecule has 0 spiro atoms. The Morgan fingerprint density at radius 1 is 0.481 bits per heavy atom. The molecule has 1 atom stereocenters. The molecule has 0 saturated carbocycles. The first kappa shape index (κ1) is 50.9. The lowest BCUT2D eigenvalue weighted by atomic mass is 10.0. The molecule has 0 aromatic heterocycles. The van der Waals surface area contributed by atoms with Crippen molar-refractivity contribution in [3.05, 3.63) is 0 Å². The molecule has 0 amide bonds. The fourth-order valence-corrected chi connectivity index (χ4v) is 7.22. The summed E-state index contributed by atoms with van der Waals surface area (Å²) in [4.78, 5) is 27.2. The molecule has 6 heteroatoms. The van der Waals surface area contributed by atoms with Crippen molar-refractivity contribution in [2.45, 2.75) is 246 Å². The van der Waals surface area contributed by atoms with Gasteiger partial charge >= 0.3 is 11.9 Å². The van der Waals surface area contributed by atoms with E-state index in [2.05, 4.69) is 32.6 Å². The summed E-state index contributed by atoms with van der Waals surface area (Å²) in [7, 11) is 0. The van der Waals surface area contributed by atoms with Crippen molar-refractivity contribution >= 4 is 11.9 Å². The zero-order valence-electron chi connectivity index (χ0n) is 35.6. The highest BCUT2D eigenvalue weighted by Gasteiger charge is 2.14. The van der Waals surface area contributed by atoms with E-state index in [1.165, 1.54) is 128 Å². The van der Waals surface area contributed by atoms with Gasteiger partial charge in [-0.05, 0) is 76.8 Å². The molecule has 0 heterocycles. The summed E-state index contributed by atoms with van der Waals surface area (Å²) in [6.07, 6.45) is 38.6. The number of ether oxygens (including phenoxy) is 2. The van der Waals surface area contributed by atoms with Gasteiger partial charge in [0.25, 0.3) is 0 Å². The van der Waals surface area contributed by atoms with E-state index in [4.69, 9.17) is 9.47 Å². The van der Waals surface area contributed by atoms with Crippen LogP contribution in [0.25, 0.3) is 0 Å². The molecule has 0 bridgehead atoms. The molecule has 52 heavy (non-hydrogen) atoms.